The fourth-order valence-electron chi connectivity index (χ4n) is 1.28. The van der Waals surface area contributed by atoms with Crippen LogP contribution in [0.15, 0.2) is 23.1 Å². The van der Waals surface area contributed by atoms with Crippen LogP contribution in [-0.4, -0.2) is 18.8 Å². The minimum Gasteiger partial charge on any atom is -0.508 e. The van der Waals surface area contributed by atoms with Gasteiger partial charge in [-0.1, -0.05) is 0 Å². The van der Waals surface area contributed by atoms with Crippen molar-refractivity contribution in [1.29, 1.82) is 0 Å². The Kier molecular flexibility index (Phi) is 1.99. The lowest BCUT2D eigenvalue weighted by atomic mass is 10.3. The molecule has 1 fully saturated rings. The maximum atomic E-state index is 13.2. The molecule has 5 heteroatoms. The number of sulfone groups is 1. The zero-order valence-electron chi connectivity index (χ0n) is 7.27. The fourth-order valence-corrected chi connectivity index (χ4v) is 2.98. The lowest BCUT2D eigenvalue weighted by Gasteiger charge is -2.03. The Bertz CT molecular complexity index is 463. The standard InChI is InChI=1S/C9H9FO3S/c10-8-5-6(11)1-4-9(8)14(12,13)7-2-3-7/h1,4-5,7,11H,2-3H2. The molecule has 0 amide bonds. The second-order valence-electron chi connectivity index (χ2n) is 3.36. The molecule has 0 unspecified atom stereocenters. The summed E-state index contributed by atoms with van der Waals surface area (Å²) in [5.41, 5.74) is 0. The van der Waals surface area contributed by atoms with E-state index in [1.54, 1.807) is 0 Å². The summed E-state index contributed by atoms with van der Waals surface area (Å²) in [6.07, 6.45) is 1.20. The van der Waals surface area contributed by atoms with Crippen LogP contribution < -0.4 is 0 Å². The summed E-state index contributed by atoms with van der Waals surface area (Å²) in [7, 11) is -3.50. The smallest absolute Gasteiger partial charge is 0.184 e. The average molecular weight is 216 g/mol. The summed E-state index contributed by atoms with van der Waals surface area (Å²) < 4.78 is 36.4. The van der Waals surface area contributed by atoms with E-state index in [2.05, 4.69) is 0 Å². The van der Waals surface area contributed by atoms with E-state index in [-0.39, 0.29) is 10.6 Å². The van der Waals surface area contributed by atoms with Crippen molar-refractivity contribution in [2.24, 2.45) is 0 Å². The zero-order valence-corrected chi connectivity index (χ0v) is 8.09. The quantitative estimate of drug-likeness (QED) is 0.814. The highest BCUT2D eigenvalue weighted by Gasteiger charge is 2.38. The van der Waals surface area contributed by atoms with E-state index >= 15 is 0 Å². The monoisotopic (exact) mass is 216 g/mol. The van der Waals surface area contributed by atoms with E-state index in [0.29, 0.717) is 12.8 Å². The van der Waals surface area contributed by atoms with Crippen molar-refractivity contribution in [1.82, 2.24) is 0 Å². The third-order valence-corrected chi connectivity index (χ3v) is 4.48. The van der Waals surface area contributed by atoms with Gasteiger partial charge in [-0.2, -0.15) is 0 Å². The molecule has 1 aliphatic carbocycles. The molecular formula is C9H9FO3S. The zero-order chi connectivity index (χ0) is 10.3. The van der Waals surface area contributed by atoms with Crippen molar-refractivity contribution in [3.05, 3.63) is 24.0 Å². The molecule has 0 aromatic heterocycles. The van der Waals surface area contributed by atoms with Gasteiger partial charge in [-0.05, 0) is 25.0 Å². The van der Waals surface area contributed by atoms with Crippen LogP contribution in [-0.2, 0) is 9.84 Å². The first-order chi connectivity index (χ1) is 6.51. The van der Waals surface area contributed by atoms with Gasteiger partial charge in [0.15, 0.2) is 9.84 Å². The SMILES string of the molecule is O=S(=O)(c1ccc(O)cc1F)C1CC1. The Labute approximate surface area is 81.1 Å². The van der Waals surface area contributed by atoms with Gasteiger partial charge < -0.3 is 5.11 Å². The van der Waals surface area contributed by atoms with Crippen molar-refractivity contribution in [2.45, 2.75) is 23.0 Å². The van der Waals surface area contributed by atoms with Gasteiger partial charge in [-0.25, -0.2) is 12.8 Å². The highest BCUT2D eigenvalue weighted by atomic mass is 32.2. The lowest BCUT2D eigenvalue weighted by molar-refractivity contribution is 0.466. The summed E-state index contributed by atoms with van der Waals surface area (Å²) in [4.78, 5) is -0.308. The summed E-state index contributed by atoms with van der Waals surface area (Å²) in [6, 6.07) is 3.10. The first-order valence-electron chi connectivity index (χ1n) is 4.24. The number of halogens is 1. The minimum absolute atomic E-state index is 0.266. The first kappa shape index (κ1) is 9.45. The van der Waals surface area contributed by atoms with E-state index in [9.17, 15) is 12.8 Å². The number of hydrogen-bond acceptors (Lipinski definition) is 3. The molecule has 1 aromatic carbocycles. The Hall–Kier alpha value is -1.10. The minimum atomic E-state index is -3.50. The molecule has 2 rings (SSSR count). The van der Waals surface area contributed by atoms with Gasteiger partial charge in [0.2, 0.25) is 0 Å². The van der Waals surface area contributed by atoms with Crippen molar-refractivity contribution in [3.63, 3.8) is 0 Å². The van der Waals surface area contributed by atoms with E-state index in [1.165, 1.54) is 6.07 Å². The number of rotatable bonds is 2. The van der Waals surface area contributed by atoms with Crippen LogP contribution in [0.3, 0.4) is 0 Å². The average Bonchev–Trinajstić information content (AvgIpc) is 2.84. The van der Waals surface area contributed by atoms with Crippen LogP contribution in [0.1, 0.15) is 12.8 Å². The summed E-state index contributed by atoms with van der Waals surface area (Å²) in [5.74, 6) is -1.14. The number of phenols is 1. The predicted octanol–water partition coefficient (Wildman–Crippen LogP) is 1.47. The van der Waals surface area contributed by atoms with Crippen LogP contribution in [0, 0.1) is 5.82 Å². The fraction of sp³-hybridized carbons (Fsp3) is 0.333. The van der Waals surface area contributed by atoms with Crippen molar-refractivity contribution >= 4 is 9.84 Å². The molecule has 0 aliphatic heterocycles. The van der Waals surface area contributed by atoms with Gasteiger partial charge in [0, 0.05) is 6.07 Å². The normalized spacial score (nSPS) is 16.9. The molecule has 76 valence electrons. The molecular weight excluding hydrogens is 207 g/mol. The molecule has 0 bridgehead atoms. The summed E-state index contributed by atoms with van der Waals surface area (Å²) in [5, 5.41) is 8.49. The van der Waals surface area contributed by atoms with Crippen molar-refractivity contribution in [2.75, 3.05) is 0 Å². The molecule has 0 atom stereocenters. The maximum Gasteiger partial charge on any atom is 0.184 e. The summed E-state index contributed by atoms with van der Waals surface area (Å²) in [6.45, 7) is 0. The lowest BCUT2D eigenvalue weighted by Crippen LogP contribution is -2.08. The second kappa shape index (κ2) is 2.95. The molecule has 1 aromatic rings. The molecule has 0 saturated heterocycles. The van der Waals surface area contributed by atoms with Crippen LogP contribution in [0.2, 0.25) is 0 Å². The highest BCUT2D eigenvalue weighted by molar-refractivity contribution is 7.92. The third-order valence-electron chi connectivity index (χ3n) is 2.19. The summed E-state index contributed by atoms with van der Waals surface area (Å²) >= 11 is 0. The Morgan fingerprint density at radius 1 is 1.36 bits per heavy atom. The molecule has 3 nitrogen and oxygen atoms in total. The van der Waals surface area contributed by atoms with Gasteiger partial charge in [0.05, 0.1) is 5.25 Å². The highest BCUT2D eigenvalue weighted by Crippen LogP contribution is 2.35. The van der Waals surface area contributed by atoms with E-state index < -0.39 is 20.9 Å². The van der Waals surface area contributed by atoms with Gasteiger partial charge in [0.25, 0.3) is 0 Å². The van der Waals surface area contributed by atoms with Crippen molar-refractivity contribution < 1.29 is 17.9 Å². The molecule has 1 aliphatic rings. The Morgan fingerprint density at radius 3 is 2.50 bits per heavy atom. The molecule has 1 N–H and O–H groups in total. The Morgan fingerprint density at radius 2 is 2.00 bits per heavy atom. The molecule has 14 heavy (non-hydrogen) atoms. The van der Waals surface area contributed by atoms with Crippen LogP contribution in [0.4, 0.5) is 4.39 Å². The Balaban J connectivity index is 2.51. The number of hydrogen-bond donors (Lipinski definition) is 1. The van der Waals surface area contributed by atoms with Crippen LogP contribution >= 0.6 is 0 Å². The first-order valence-corrected chi connectivity index (χ1v) is 5.79. The van der Waals surface area contributed by atoms with Crippen molar-refractivity contribution in [3.8, 4) is 5.75 Å². The molecule has 0 heterocycles. The number of phenolic OH excluding ortho intramolecular Hbond substituents is 1. The van der Waals surface area contributed by atoms with E-state index in [1.807, 2.05) is 0 Å². The van der Waals surface area contributed by atoms with Crippen LogP contribution in [0.25, 0.3) is 0 Å². The number of aromatic hydroxyl groups is 1. The number of benzene rings is 1. The molecule has 0 radical (unpaired) electrons. The molecule has 0 spiro atoms. The van der Waals surface area contributed by atoms with Gasteiger partial charge in [-0.3, -0.25) is 0 Å². The predicted molar refractivity (Wildman–Crippen MR) is 48.3 cm³/mol. The largest absolute Gasteiger partial charge is 0.508 e. The topological polar surface area (TPSA) is 54.4 Å². The van der Waals surface area contributed by atoms with E-state index in [4.69, 9.17) is 5.11 Å². The third kappa shape index (κ3) is 1.48. The van der Waals surface area contributed by atoms with Crippen LogP contribution in [0.5, 0.6) is 5.75 Å². The molecule has 1 saturated carbocycles. The van der Waals surface area contributed by atoms with Gasteiger partial charge in [-0.15, -0.1) is 0 Å². The second-order valence-corrected chi connectivity index (χ2v) is 5.56. The maximum absolute atomic E-state index is 13.2. The van der Waals surface area contributed by atoms with Gasteiger partial charge >= 0.3 is 0 Å². The van der Waals surface area contributed by atoms with E-state index in [0.717, 1.165) is 12.1 Å². The van der Waals surface area contributed by atoms with Gasteiger partial charge in [0.1, 0.15) is 16.5 Å².